The summed E-state index contributed by atoms with van der Waals surface area (Å²) in [5.41, 5.74) is 9.65. The first-order valence-electron chi connectivity index (χ1n) is 5.36. The molecule has 0 unspecified atom stereocenters. The Bertz CT molecular complexity index is 526. The van der Waals surface area contributed by atoms with Crippen LogP contribution in [0.5, 0.6) is 0 Å². The summed E-state index contributed by atoms with van der Waals surface area (Å²) in [4.78, 5) is 4.10. The van der Waals surface area contributed by atoms with E-state index in [1.807, 2.05) is 24.4 Å². The molecule has 0 bridgehead atoms. The Morgan fingerprint density at radius 3 is 2.94 bits per heavy atom. The van der Waals surface area contributed by atoms with Crippen LogP contribution in [0.1, 0.15) is 11.1 Å². The molecule has 1 aromatic carbocycles. The Morgan fingerprint density at radius 1 is 1.35 bits per heavy atom. The predicted molar refractivity (Wildman–Crippen MR) is 72.2 cm³/mol. The summed E-state index contributed by atoms with van der Waals surface area (Å²) in [6, 6.07) is 7.54. The number of nitrogen functional groups attached to an aromatic ring is 1. The lowest BCUT2D eigenvalue weighted by molar-refractivity contribution is 1.08. The van der Waals surface area contributed by atoms with Gasteiger partial charge in [0, 0.05) is 18.9 Å². The summed E-state index contributed by atoms with van der Waals surface area (Å²) in [5, 5.41) is 3.83. The second-order valence-electron chi connectivity index (χ2n) is 3.86. The normalized spacial score (nSPS) is 10.2. The number of para-hydroxylation sites is 1. The van der Waals surface area contributed by atoms with E-state index in [1.165, 1.54) is 5.56 Å². The van der Waals surface area contributed by atoms with Gasteiger partial charge in [0.1, 0.15) is 0 Å². The Morgan fingerprint density at radius 2 is 2.18 bits per heavy atom. The number of aryl methyl sites for hydroxylation is 1. The number of hydrogen-bond donors (Lipinski definition) is 2. The van der Waals surface area contributed by atoms with E-state index in [-0.39, 0.29) is 0 Å². The van der Waals surface area contributed by atoms with Crippen molar-refractivity contribution in [2.45, 2.75) is 13.5 Å². The van der Waals surface area contributed by atoms with Gasteiger partial charge in [-0.15, -0.1) is 0 Å². The summed E-state index contributed by atoms with van der Waals surface area (Å²) in [7, 11) is 0. The molecule has 0 amide bonds. The van der Waals surface area contributed by atoms with Gasteiger partial charge in [0.05, 0.1) is 16.4 Å². The number of pyridine rings is 1. The van der Waals surface area contributed by atoms with Gasteiger partial charge in [0.25, 0.3) is 0 Å². The van der Waals surface area contributed by atoms with Gasteiger partial charge in [-0.2, -0.15) is 0 Å². The SMILES string of the molecule is Cc1ccncc1CNc1cccc(Cl)c1N. The monoisotopic (exact) mass is 247 g/mol. The highest BCUT2D eigenvalue weighted by Crippen LogP contribution is 2.27. The number of benzene rings is 1. The van der Waals surface area contributed by atoms with Crippen molar-refractivity contribution in [3.8, 4) is 0 Å². The van der Waals surface area contributed by atoms with Gasteiger partial charge >= 0.3 is 0 Å². The minimum absolute atomic E-state index is 0.568. The Hall–Kier alpha value is -1.74. The van der Waals surface area contributed by atoms with Crippen molar-refractivity contribution in [1.82, 2.24) is 4.98 Å². The van der Waals surface area contributed by atoms with Crippen LogP contribution in [0.4, 0.5) is 11.4 Å². The molecule has 0 saturated heterocycles. The number of nitrogens with zero attached hydrogens (tertiary/aromatic N) is 1. The zero-order chi connectivity index (χ0) is 12.3. The van der Waals surface area contributed by atoms with Crippen molar-refractivity contribution in [1.29, 1.82) is 0 Å². The molecule has 2 rings (SSSR count). The molecule has 3 N–H and O–H groups in total. The van der Waals surface area contributed by atoms with Gasteiger partial charge in [-0.05, 0) is 36.2 Å². The molecule has 0 saturated carbocycles. The van der Waals surface area contributed by atoms with Crippen molar-refractivity contribution in [2.75, 3.05) is 11.1 Å². The number of anilines is 2. The molecule has 2 aromatic rings. The van der Waals surface area contributed by atoms with E-state index >= 15 is 0 Å². The summed E-state index contributed by atoms with van der Waals surface area (Å²) in [6.07, 6.45) is 3.63. The predicted octanol–water partition coefficient (Wildman–Crippen LogP) is 3.24. The average Bonchev–Trinajstić information content (AvgIpc) is 2.33. The van der Waals surface area contributed by atoms with Crippen LogP contribution in [0, 0.1) is 6.92 Å². The topological polar surface area (TPSA) is 50.9 Å². The fourth-order valence-corrected chi connectivity index (χ4v) is 1.74. The number of nitrogens with two attached hydrogens (primary N) is 1. The fraction of sp³-hybridized carbons (Fsp3) is 0.154. The largest absolute Gasteiger partial charge is 0.396 e. The lowest BCUT2D eigenvalue weighted by atomic mass is 10.1. The zero-order valence-corrected chi connectivity index (χ0v) is 10.3. The standard InChI is InChI=1S/C13H14ClN3/c1-9-5-6-16-7-10(9)8-17-12-4-2-3-11(14)13(12)15/h2-7,17H,8,15H2,1H3. The number of hydrogen-bond acceptors (Lipinski definition) is 3. The molecule has 88 valence electrons. The Kier molecular flexibility index (Phi) is 3.49. The summed E-state index contributed by atoms with van der Waals surface area (Å²) in [5.74, 6) is 0. The molecule has 0 atom stereocenters. The van der Waals surface area contributed by atoms with Gasteiger partial charge in [0.15, 0.2) is 0 Å². The number of rotatable bonds is 3. The van der Waals surface area contributed by atoms with Crippen molar-refractivity contribution in [3.05, 3.63) is 52.8 Å². The summed E-state index contributed by atoms with van der Waals surface area (Å²) < 4.78 is 0. The maximum atomic E-state index is 5.95. The molecule has 1 aromatic heterocycles. The van der Waals surface area contributed by atoms with Crippen LogP contribution >= 0.6 is 11.6 Å². The highest BCUT2D eigenvalue weighted by molar-refractivity contribution is 6.33. The van der Waals surface area contributed by atoms with Crippen molar-refractivity contribution >= 4 is 23.0 Å². The maximum absolute atomic E-state index is 5.95. The quantitative estimate of drug-likeness (QED) is 0.819. The molecule has 0 aliphatic heterocycles. The Balaban J connectivity index is 2.13. The molecule has 0 fully saturated rings. The third kappa shape index (κ3) is 2.68. The molecule has 0 aliphatic rings. The third-order valence-electron chi connectivity index (χ3n) is 2.67. The average molecular weight is 248 g/mol. The van der Waals surface area contributed by atoms with Gasteiger partial charge in [-0.1, -0.05) is 17.7 Å². The van der Waals surface area contributed by atoms with E-state index in [0.717, 1.165) is 11.3 Å². The molecular weight excluding hydrogens is 234 g/mol. The number of aromatic nitrogens is 1. The minimum Gasteiger partial charge on any atom is -0.396 e. The van der Waals surface area contributed by atoms with Crippen LogP contribution in [0.3, 0.4) is 0 Å². The lowest BCUT2D eigenvalue weighted by Gasteiger charge is -2.11. The summed E-state index contributed by atoms with van der Waals surface area (Å²) >= 11 is 5.95. The van der Waals surface area contributed by atoms with Gasteiger partial charge < -0.3 is 11.1 Å². The van der Waals surface area contributed by atoms with Crippen LogP contribution in [0.15, 0.2) is 36.7 Å². The smallest absolute Gasteiger partial charge is 0.0739 e. The van der Waals surface area contributed by atoms with E-state index < -0.39 is 0 Å². The van der Waals surface area contributed by atoms with E-state index in [1.54, 1.807) is 12.3 Å². The third-order valence-corrected chi connectivity index (χ3v) is 3.00. The van der Waals surface area contributed by atoms with Crippen molar-refractivity contribution in [3.63, 3.8) is 0 Å². The molecule has 3 nitrogen and oxygen atoms in total. The van der Waals surface area contributed by atoms with Gasteiger partial charge in [-0.25, -0.2) is 0 Å². The van der Waals surface area contributed by atoms with Gasteiger partial charge in [-0.3, -0.25) is 4.98 Å². The van der Waals surface area contributed by atoms with E-state index in [4.69, 9.17) is 17.3 Å². The minimum atomic E-state index is 0.568. The van der Waals surface area contributed by atoms with Crippen LogP contribution in [-0.4, -0.2) is 4.98 Å². The second-order valence-corrected chi connectivity index (χ2v) is 4.26. The molecule has 0 radical (unpaired) electrons. The molecule has 4 heteroatoms. The Labute approximate surface area is 106 Å². The highest BCUT2D eigenvalue weighted by Gasteiger charge is 2.03. The number of nitrogens with one attached hydrogen (secondary N) is 1. The van der Waals surface area contributed by atoms with Crippen LogP contribution in [0.25, 0.3) is 0 Å². The lowest BCUT2D eigenvalue weighted by Crippen LogP contribution is -2.04. The number of halogens is 1. The van der Waals surface area contributed by atoms with E-state index in [9.17, 15) is 0 Å². The molecule has 0 aliphatic carbocycles. The van der Waals surface area contributed by atoms with E-state index in [0.29, 0.717) is 17.3 Å². The second kappa shape index (κ2) is 5.06. The molecule has 0 spiro atoms. The molecular formula is C13H14ClN3. The van der Waals surface area contributed by atoms with Crippen LogP contribution in [-0.2, 0) is 6.54 Å². The zero-order valence-electron chi connectivity index (χ0n) is 9.57. The van der Waals surface area contributed by atoms with Crippen molar-refractivity contribution in [2.24, 2.45) is 0 Å². The molecule has 17 heavy (non-hydrogen) atoms. The first kappa shape index (κ1) is 11.7. The van der Waals surface area contributed by atoms with Crippen LogP contribution in [0.2, 0.25) is 5.02 Å². The van der Waals surface area contributed by atoms with Crippen LogP contribution < -0.4 is 11.1 Å². The first-order chi connectivity index (χ1) is 8.18. The van der Waals surface area contributed by atoms with Gasteiger partial charge in [0.2, 0.25) is 0 Å². The van der Waals surface area contributed by atoms with Crippen molar-refractivity contribution < 1.29 is 0 Å². The highest BCUT2D eigenvalue weighted by atomic mass is 35.5. The summed E-state index contributed by atoms with van der Waals surface area (Å²) in [6.45, 7) is 2.74. The maximum Gasteiger partial charge on any atom is 0.0739 e. The molecule has 1 heterocycles. The first-order valence-corrected chi connectivity index (χ1v) is 5.73. The fourth-order valence-electron chi connectivity index (χ4n) is 1.56. The van der Waals surface area contributed by atoms with E-state index in [2.05, 4.69) is 17.2 Å².